The fourth-order valence-electron chi connectivity index (χ4n) is 2.47. The van der Waals surface area contributed by atoms with Crippen molar-refractivity contribution in [2.24, 2.45) is 0 Å². The van der Waals surface area contributed by atoms with Gasteiger partial charge in [0.25, 0.3) is 0 Å². The van der Waals surface area contributed by atoms with Crippen LogP contribution >= 0.6 is 11.6 Å². The quantitative estimate of drug-likeness (QED) is 0.889. The summed E-state index contributed by atoms with van der Waals surface area (Å²) in [7, 11) is 0. The summed E-state index contributed by atoms with van der Waals surface area (Å²) in [6, 6.07) is 5.02. The maximum absolute atomic E-state index is 13.4. The topological polar surface area (TPSA) is 15.3 Å². The van der Waals surface area contributed by atoms with E-state index in [1.165, 1.54) is 6.07 Å². The van der Waals surface area contributed by atoms with Crippen molar-refractivity contribution in [2.75, 3.05) is 19.6 Å². The van der Waals surface area contributed by atoms with Crippen LogP contribution in [-0.2, 0) is 6.54 Å². The molecule has 2 nitrogen and oxygen atoms in total. The van der Waals surface area contributed by atoms with Crippen molar-refractivity contribution in [3.05, 3.63) is 34.6 Å². The van der Waals surface area contributed by atoms with Crippen LogP contribution in [0.5, 0.6) is 0 Å². The van der Waals surface area contributed by atoms with E-state index in [-0.39, 0.29) is 16.4 Å². The minimum absolute atomic E-state index is 0.0936. The molecule has 100 valence electrons. The Morgan fingerprint density at radius 2 is 2.22 bits per heavy atom. The summed E-state index contributed by atoms with van der Waals surface area (Å²) < 4.78 is 13.4. The van der Waals surface area contributed by atoms with Crippen LogP contribution in [0.3, 0.4) is 0 Å². The smallest absolute Gasteiger partial charge is 0.142 e. The lowest BCUT2D eigenvalue weighted by Crippen LogP contribution is -2.46. The monoisotopic (exact) mass is 270 g/mol. The van der Waals surface area contributed by atoms with Crippen molar-refractivity contribution in [3.63, 3.8) is 0 Å². The van der Waals surface area contributed by atoms with E-state index >= 15 is 0 Å². The van der Waals surface area contributed by atoms with Gasteiger partial charge in [-0.2, -0.15) is 0 Å². The Kier molecular flexibility index (Phi) is 4.25. The predicted octanol–water partition coefficient (Wildman–Crippen LogP) is 3.05. The molecule has 1 aromatic rings. The largest absolute Gasteiger partial charge is 0.310 e. The molecule has 1 aromatic carbocycles. The Labute approximate surface area is 113 Å². The molecule has 0 aromatic heterocycles. The molecular weight excluding hydrogens is 251 g/mol. The van der Waals surface area contributed by atoms with Gasteiger partial charge in [0.05, 0.1) is 5.02 Å². The number of nitrogens with zero attached hydrogens (tertiary/aromatic N) is 1. The van der Waals surface area contributed by atoms with E-state index in [2.05, 4.69) is 24.1 Å². The van der Waals surface area contributed by atoms with Crippen molar-refractivity contribution >= 4 is 11.6 Å². The molecule has 18 heavy (non-hydrogen) atoms. The van der Waals surface area contributed by atoms with Gasteiger partial charge in [-0.25, -0.2) is 4.39 Å². The van der Waals surface area contributed by atoms with E-state index in [1.807, 2.05) is 6.07 Å². The zero-order valence-corrected chi connectivity index (χ0v) is 11.7. The zero-order valence-electron chi connectivity index (χ0n) is 11.0. The highest BCUT2D eigenvalue weighted by atomic mass is 35.5. The number of rotatable bonds is 2. The van der Waals surface area contributed by atoms with Crippen molar-refractivity contribution in [2.45, 2.75) is 32.4 Å². The molecule has 1 N–H and O–H groups in total. The molecule has 0 amide bonds. The molecule has 1 aliphatic rings. The Bertz CT molecular complexity index is 420. The van der Waals surface area contributed by atoms with Gasteiger partial charge < -0.3 is 5.32 Å². The van der Waals surface area contributed by atoms with Gasteiger partial charge in [0, 0.05) is 18.6 Å². The summed E-state index contributed by atoms with van der Waals surface area (Å²) in [5.74, 6) is -0.332. The fraction of sp³-hybridized carbons (Fsp3) is 0.571. The summed E-state index contributed by atoms with van der Waals surface area (Å²) >= 11 is 6.01. The van der Waals surface area contributed by atoms with Crippen molar-refractivity contribution in [1.82, 2.24) is 10.2 Å². The van der Waals surface area contributed by atoms with Gasteiger partial charge in [-0.1, -0.05) is 23.7 Å². The molecular formula is C14H20ClFN2. The fourth-order valence-corrected chi connectivity index (χ4v) is 2.66. The van der Waals surface area contributed by atoms with E-state index in [0.29, 0.717) is 6.54 Å². The Morgan fingerprint density at radius 1 is 1.44 bits per heavy atom. The van der Waals surface area contributed by atoms with Gasteiger partial charge >= 0.3 is 0 Å². The van der Waals surface area contributed by atoms with Gasteiger partial charge in [-0.3, -0.25) is 4.90 Å². The van der Waals surface area contributed by atoms with Gasteiger partial charge in [-0.05, 0) is 45.0 Å². The number of hydrogen-bond donors (Lipinski definition) is 1. The molecule has 4 heteroatoms. The highest BCUT2D eigenvalue weighted by Crippen LogP contribution is 2.22. The summed E-state index contributed by atoms with van der Waals surface area (Å²) in [5.41, 5.74) is 0.963. The summed E-state index contributed by atoms with van der Waals surface area (Å²) in [6.07, 6.45) is 1.11. The van der Waals surface area contributed by atoms with Crippen LogP contribution in [-0.4, -0.2) is 30.1 Å². The third-order valence-corrected chi connectivity index (χ3v) is 3.72. The first kappa shape index (κ1) is 13.8. The van der Waals surface area contributed by atoms with Crippen molar-refractivity contribution < 1.29 is 4.39 Å². The lowest BCUT2D eigenvalue weighted by atomic mass is 10.1. The second-order valence-electron chi connectivity index (χ2n) is 5.59. The second kappa shape index (κ2) is 5.55. The molecule has 1 saturated heterocycles. The molecule has 0 bridgehead atoms. The normalized spacial score (nSPS) is 20.7. The highest BCUT2D eigenvalue weighted by molar-refractivity contribution is 6.31. The van der Waals surface area contributed by atoms with Crippen molar-refractivity contribution in [1.29, 1.82) is 0 Å². The van der Waals surface area contributed by atoms with Crippen LogP contribution in [0.15, 0.2) is 18.2 Å². The lowest BCUT2D eigenvalue weighted by Gasteiger charge is -2.30. The average Bonchev–Trinajstić information content (AvgIpc) is 2.46. The molecule has 0 saturated carbocycles. The number of hydrogen-bond acceptors (Lipinski definition) is 2. The standard InChI is InChI=1S/C14H20ClFN2/c1-14(2)10-18(8-4-7-17-14)9-11-5-3-6-12(16)13(11)15/h3,5-6,17H,4,7-10H2,1-2H3. The van der Waals surface area contributed by atoms with Gasteiger partial charge in [0.15, 0.2) is 0 Å². The highest BCUT2D eigenvalue weighted by Gasteiger charge is 2.24. The van der Waals surface area contributed by atoms with E-state index in [0.717, 1.165) is 31.6 Å². The Morgan fingerprint density at radius 3 is 3.00 bits per heavy atom. The van der Waals surface area contributed by atoms with E-state index in [1.54, 1.807) is 6.07 Å². The molecule has 0 unspecified atom stereocenters. The summed E-state index contributed by atoms with van der Waals surface area (Å²) in [4.78, 5) is 2.33. The van der Waals surface area contributed by atoms with Gasteiger partial charge in [0.2, 0.25) is 0 Å². The van der Waals surface area contributed by atoms with Gasteiger partial charge in [0.1, 0.15) is 5.82 Å². The molecule has 0 aliphatic carbocycles. The first-order chi connectivity index (χ1) is 8.48. The second-order valence-corrected chi connectivity index (χ2v) is 5.97. The number of halogens is 2. The minimum atomic E-state index is -0.332. The molecule has 0 radical (unpaired) electrons. The van der Waals surface area contributed by atoms with E-state index in [9.17, 15) is 4.39 Å². The molecule has 0 spiro atoms. The Hall–Kier alpha value is -0.640. The van der Waals surface area contributed by atoms with E-state index < -0.39 is 0 Å². The third kappa shape index (κ3) is 3.44. The maximum atomic E-state index is 13.4. The predicted molar refractivity (Wildman–Crippen MR) is 73.4 cm³/mol. The Balaban J connectivity index is 2.10. The molecule has 1 heterocycles. The third-order valence-electron chi connectivity index (χ3n) is 3.30. The lowest BCUT2D eigenvalue weighted by molar-refractivity contribution is 0.224. The van der Waals surface area contributed by atoms with Crippen molar-refractivity contribution in [3.8, 4) is 0 Å². The first-order valence-electron chi connectivity index (χ1n) is 6.38. The maximum Gasteiger partial charge on any atom is 0.142 e. The van der Waals surface area contributed by atoms with E-state index in [4.69, 9.17) is 11.6 Å². The van der Waals surface area contributed by atoms with Crippen LogP contribution in [0, 0.1) is 5.82 Å². The average molecular weight is 271 g/mol. The number of nitrogens with one attached hydrogen (secondary N) is 1. The summed E-state index contributed by atoms with van der Waals surface area (Å²) in [6.45, 7) is 8.09. The van der Waals surface area contributed by atoms with Crippen LogP contribution < -0.4 is 5.32 Å². The molecule has 1 aliphatic heterocycles. The molecule has 1 fully saturated rings. The first-order valence-corrected chi connectivity index (χ1v) is 6.76. The minimum Gasteiger partial charge on any atom is -0.310 e. The number of benzene rings is 1. The van der Waals surface area contributed by atoms with Crippen LogP contribution in [0.4, 0.5) is 4.39 Å². The van der Waals surface area contributed by atoms with Crippen LogP contribution in [0.25, 0.3) is 0 Å². The SMILES string of the molecule is CC1(C)CN(Cc2cccc(F)c2Cl)CCCN1. The summed E-state index contributed by atoms with van der Waals surface area (Å²) in [5, 5.41) is 3.77. The molecule has 0 atom stereocenters. The van der Waals surface area contributed by atoms with Crippen LogP contribution in [0.1, 0.15) is 25.8 Å². The van der Waals surface area contributed by atoms with Crippen LogP contribution in [0.2, 0.25) is 5.02 Å². The van der Waals surface area contributed by atoms with Gasteiger partial charge in [-0.15, -0.1) is 0 Å². The zero-order chi connectivity index (χ0) is 13.2. The molecule has 2 rings (SSSR count).